The fraction of sp³-hybridized carbons (Fsp3) is 0.350. The third kappa shape index (κ3) is 5.04. The van der Waals surface area contributed by atoms with Crippen molar-refractivity contribution in [2.24, 2.45) is 0 Å². The lowest BCUT2D eigenvalue weighted by molar-refractivity contribution is 0.0950. The van der Waals surface area contributed by atoms with Crippen LogP contribution in [0.2, 0.25) is 0 Å². The maximum atomic E-state index is 12.8. The smallest absolute Gasteiger partial charge is 0.264 e. The Hall–Kier alpha value is -2.09. The highest BCUT2D eigenvalue weighted by molar-refractivity contribution is 7.92. The van der Waals surface area contributed by atoms with Crippen LogP contribution in [0.4, 0.5) is 5.69 Å². The number of rotatable bonds is 6. The summed E-state index contributed by atoms with van der Waals surface area (Å²) in [7, 11) is -2.13. The molecule has 0 aliphatic carbocycles. The molecule has 0 saturated carbocycles. The summed E-state index contributed by atoms with van der Waals surface area (Å²) in [6, 6.07) is 13.7. The average Bonchev–Trinajstić information content (AvgIpc) is 3.19. The van der Waals surface area contributed by atoms with Crippen molar-refractivity contribution in [2.75, 3.05) is 24.4 Å². The van der Waals surface area contributed by atoms with Gasteiger partial charge in [0.05, 0.1) is 10.6 Å². The van der Waals surface area contributed by atoms with Crippen LogP contribution in [0.25, 0.3) is 0 Å². The topological polar surface area (TPSA) is 78.5 Å². The summed E-state index contributed by atoms with van der Waals surface area (Å²) in [4.78, 5) is 12.5. The zero-order valence-electron chi connectivity index (χ0n) is 16.0. The molecule has 1 saturated heterocycles. The summed E-state index contributed by atoms with van der Waals surface area (Å²) < 4.78 is 26.7. The van der Waals surface area contributed by atoms with Gasteiger partial charge < -0.3 is 10.6 Å². The van der Waals surface area contributed by atoms with E-state index in [1.807, 2.05) is 6.92 Å². The van der Waals surface area contributed by atoms with Crippen LogP contribution in [0.5, 0.6) is 0 Å². The highest BCUT2D eigenvalue weighted by Gasteiger charge is 2.21. The quantitative estimate of drug-likeness (QED) is 0.748. The Morgan fingerprint density at radius 2 is 1.79 bits per heavy atom. The molecule has 0 radical (unpaired) electrons. The van der Waals surface area contributed by atoms with E-state index in [0.717, 1.165) is 24.9 Å². The second-order valence-electron chi connectivity index (χ2n) is 6.84. The summed E-state index contributed by atoms with van der Waals surface area (Å²) in [5.74, 6) is -0.153. The highest BCUT2D eigenvalue weighted by Crippen LogP contribution is 2.22. The number of amides is 1. The van der Waals surface area contributed by atoms with E-state index in [0.29, 0.717) is 23.8 Å². The van der Waals surface area contributed by atoms with E-state index in [1.54, 1.807) is 48.5 Å². The van der Waals surface area contributed by atoms with Gasteiger partial charge in [0.25, 0.3) is 15.9 Å². The first kappa shape index (κ1) is 22.2. The lowest BCUT2D eigenvalue weighted by Crippen LogP contribution is -2.37. The summed E-state index contributed by atoms with van der Waals surface area (Å²) in [5, 5.41) is 6.25. The Morgan fingerprint density at radius 1 is 1.14 bits per heavy atom. The standard InChI is InChI=1S/C20H25N3O3S.ClH/c1-15-5-11-19(12-6-15)27(25,26)23(2)18-9-7-16(8-10-18)20(24)22-14-17-4-3-13-21-17;/h5-12,17,21H,3-4,13-14H2,1-2H3,(H,22,24);1H. The number of benzene rings is 2. The number of nitrogens with zero attached hydrogens (tertiary/aromatic N) is 1. The molecule has 0 spiro atoms. The summed E-state index contributed by atoms with van der Waals surface area (Å²) in [6.45, 7) is 3.51. The molecule has 2 aromatic rings. The van der Waals surface area contributed by atoms with Gasteiger partial charge in [-0.05, 0) is 62.7 Å². The van der Waals surface area contributed by atoms with Crippen molar-refractivity contribution in [3.63, 3.8) is 0 Å². The predicted molar refractivity (Wildman–Crippen MR) is 114 cm³/mol. The van der Waals surface area contributed by atoms with Crippen LogP contribution in [0, 0.1) is 6.92 Å². The van der Waals surface area contributed by atoms with E-state index in [1.165, 1.54) is 11.4 Å². The number of hydrogen-bond acceptors (Lipinski definition) is 4. The van der Waals surface area contributed by atoms with Crippen LogP contribution in [0.15, 0.2) is 53.4 Å². The summed E-state index contributed by atoms with van der Waals surface area (Å²) >= 11 is 0. The number of sulfonamides is 1. The summed E-state index contributed by atoms with van der Waals surface area (Å²) in [6.07, 6.45) is 2.21. The molecule has 8 heteroatoms. The Bertz CT molecular complexity index is 893. The molecule has 1 aliphatic rings. The van der Waals surface area contributed by atoms with Crippen molar-refractivity contribution in [1.82, 2.24) is 10.6 Å². The molecule has 152 valence electrons. The molecule has 1 fully saturated rings. The molecule has 1 heterocycles. The summed E-state index contributed by atoms with van der Waals surface area (Å²) in [5.41, 5.74) is 2.02. The maximum Gasteiger partial charge on any atom is 0.264 e. The number of carbonyl (C=O) groups is 1. The van der Waals surface area contributed by atoms with Crippen molar-refractivity contribution >= 4 is 34.0 Å². The van der Waals surface area contributed by atoms with Gasteiger partial charge in [-0.1, -0.05) is 17.7 Å². The van der Waals surface area contributed by atoms with Crippen LogP contribution in [0.1, 0.15) is 28.8 Å². The van der Waals surface area contributed by atoms with E-state index < -0.39 is 10.0 Å². The van der Waals surface area contributed by atoms with E-state index in [4.69, 9.17) is 0 Å². The fourth-order valence-corrected chi connectivity index (χ4v) is 4.27. The Morgan fingerprint density at radius 3 is 2.36 bits per heavy atom. The lowest BCUT2D eigenvalue weighted by atomic mass is 10.2. The molecule has 6 nitrogen and oxygen atoms in total. The first-order valence-corrected chi connectivity index (χ1v) is 10.5. The Labute approximate surface area is 172 Å². The van der Waals surface area contributed by atoms with E-state index in [2.05, 4.69) is 10.6 Å². The van der Waals surface area contributed by atoms with Crippen molar-refractivity contribution in [2.45, 2.75) is 30.7 Å². The third-order valence-corrected chi connectivity index (χ3v) is 6.64. The van der Waals surface area contributed by atoms with Gasteiger partial charge in [0.15, 0.2) is 0 Å². The zero-order chi connectivity index (χ0) is 19.4. The molecule has 1 aliphatic heterocycles. The van der Waals surface area contributed by atoms with Crippen molar-refractivity contribution < 1.29 is 13.2 Å². The monoisotopic (exact) mass is 423 g/mol. The van der Waals surface area contributed by atoms with Gasteiger partial charge in [-0.25, -0.2) is 8.42 Å². The molecule has 1 atom stereocenters. The van der Waals surface area contributed by atoms with Gasteiger partial charge in [-0.2, -0.15) is 0 Å². The van der Waals surface area contributed by atoms with Gasteiger partial charge in [-0.3, -0.25) is 9.10 Å². The second-order valence-corrected chi connectivity index (χ2v) is 8.81. The molecular formula is C20H26ClN3O3S. The van der Waals surface area contributed by atoms with Gasteiger partial charge >= 0.3 is 0 Å². The second kappa shape index (κ2) is 9.41. The lowest BCUT2D eigenvalue weighted by Gasteiger charge is -2.20. The minimum absolute atomic E-state index is 0. The Kier molecular flexibility index (Phi) is 7.46. The number of hydrogen-bond donors (Lipinski definition) is 2. The molecule has 0 aromatic heterocycles. The largest absolute Gasteiger partial charge is 0.350 e. The van der Waals surface area contributed by atoms with Gasteiger partial charge in [-0.15, -0.1) is 12.4 Å². The number of aryl methyl sites for hydroxylation is 1. The SMILES string of the molecule is Cc1ccc(S(=O)(=O)N(C)c2ccc(C(=O)NCC3CCCN3)cc2)cc1.Cl. The molecule has 1 unspecified atom stereocenters. The first-order chi connectivity index (χ1) is 12.9. The maximum absolute atomic E-state index is 12.8. The van der Waals surface area contributed by atoms with Crippen LogP contribution < -0.4 is 14.9 Å². The molecule has 0 bridgehead atoms. The van der Waals surface area contributed by atoms with Crippen molar-refractivity contribution in [1.29, 1.82) is 0 Å². The number of halogens is 1. The van der Waals surface area contributed by atoms with Crippen LogP contribution in [-0.2, 0) is 10.0 Å². The molecule has 1 amide bonds. The highest BCUT2D eigenvalue weighted by atomic mass is 35.5. The third-order valence-electron chi connectivity index (χ3n) is 4.84. The van der Waals surface area contributed by atoms with Gasteiger partial charge in [0.1, 0.15) is 0 Å². The van der Waals surface area contributed by atoms with Crippen LogP contribution >= 0.6 is 12.4 Å². The molecular weight excluding hydrogens is 398 g/mol. The molecule has 28 heavy (non-hydrogen) atoms. The number of nitrogens with one attached hydrogen (secondary N) is 2. The normalized spacial score (nSPS) is 16.3. The average molecular weight is 424 g/mol. The first-order valence-electron chi connectivity index (χ1n) is 9.05. The molecule has 2 aromatic carbocycles. The minimum atomic E-state index is -3.64. The van der Waals surface area contributed by atoms with Gasteiger partial charge in [0.2, 0.25) is 0 Å². The fourth-order valence-electron chi connectivity index (χ4n) is 3.08. The van der Waals surface area contributed by atoms with E-state index in [-0.39, 0.29) is 23.2 Å². The predicted octanol–water partition coefficient (Wildman–Crippen LogP) is 2.72. The van der Waals surface area contributed by atoms with Crippen LogP contribution in [0.3, 0.4) is 0 Å². The number of carbonyl (C=O) groups excluding carboxylic acids is 1. The zero-order valence-corrected chi connectivity index (χ0v) is 17.6. The Balaban J connectivity index is 0.00000280. The molecule has 3 rings (SSSR count). The van der Waals surface area contributed by atoms with Crippen LogP contribution in [-0.4, -0.2) is 40.5 Å². The minimum Gasteiger partial charge on any atom is -0.350 e. The van der Waals surface area contributed by atoms with Crippen molar-refractivity contribution in [3.8, 4) is 0 Å². The van der Waals surface area contributed by atoms with Crippen molar-refractivity contribution in [3.05, 3.63) is 59.7 Å². The molecule has 2 N–H and O–H groups in total. The van der Waals surface area contributed by atoms with E-state index in [9.17, 15) is 13.2 Å². The number of anilines is 1. The van der Waals surface area contributed by atoms with E-state index >= 15 is 0 Å². The van der Waals surface area contributed by atoms with Gasteiger partial charge in [0, 0.05) is 25.2 Å².